The largest absolute Gasteiger partial charge is 0.355 e. The van der Waals surface area contributed by atoms with Crippen molar-refractivity contribution in [3.05, 3.63) is 17.3 Å². The third-order valence-electron chi connectivity index (χ3n) is 2.89. The summed E-state index contributed by atoms with van der Waals surface area (Å²) < 4.78 is 1.09. The summed E-state index contributed by atoms with van der Waals surface area (Å²) in [6, 6.07) is 2.34. The average molecular weight is 246 g/mol. The van der Waals surface area contributed by atoms with Crippen LogP contribution in [0.1, 0.15) is 18.9 Å². The van der Waals surface area contributed by atoms with Crippen LogP contribution in [0.3, 0.4) is 0 Å². The highest BCUT2D eigenvalue weighted by Gasteiger charge is 2.16. The first-order valence-electron chi connectivity index (χ1n) is 5.43. The molecule has 0 aliphatic carbocycles. The molecular formula is C12H14N4S. The van der Waals surface area contributed by atoms with Crippen LogP contribution in [0, 0.1) is 18.3 Å². The maximum absolute atomic E-state index is 8.74. The van der Waals surface area contributed by atoms with Gasteiger partial charge in [-0.3, -0.25) is 0 Å². The molecule has 0 fully saturated rings. The van der Waals surface area contributed by atoms with Gasteiger partial charge < -0.3 is 4.90 Å². The molecule has 0 saturated carbocycles. The number of hydrogen-bond donors (Lipinski definition) is 0. The van der Waals surface area contributed by atoms with E-state index in [2.05, 4.69) is 21.4 Å². The first-order valence-corrected chi connectivity index (χ1v) is 6.31. The molecule has 4 nitrogen and oxygen atoms in total. The van der Waals surface area contributed by atoms with E-state index >= 15 is 0 Å². The molecule has 2 aromatic heterocycles. The summed E-state index contributed by atoms with van der Waals surface area (Å²) in [4.78, 5) is 10.7. The Hall–Kier alpha value is -1.67. The number of anilines is 1. The van der Waals surface area contributed by atoms with E-state index < -0.39 is 0 Å². The molecule has 1 unspecified atom stereocenters. The zero-order chi connectivity index (χ0) is 12.4. The topological polar surface area (TPSA) is 52.8 Å². The fourth-order valence-electron chi connectivity index (χ4n) is 1.69. The number of nitriles is 1. The number of hydrogen-bond acceptors (Lipinski definition) is 5. The average Bonchev–Trinajstić information content (AvgIpc) is 2.71. The molecule has 0 aromatic carbocycles. The van der Waals surface area contributed by atoms with Gasteiger partial charge in [0.2, 0.25) is 0 Å². The van der Waals surface area contributed by atoms with Crippen LogP contribution >= 0.6 is 11.3 Å². The molecule has 2 rings (SSSR count). The Kier molecular flexibility index (Phi) is 3.25. The van der Waals surface area contributed by atoms with Gasteiger partial charge in [0.05, 0.1) is 22.7 Å². The van der Waals surface area contributed by atoms with Crippen LogP contribution in [0.4, 0.5) is 5.82 Å². The van der Waals surface area contributed by atoms with Crippen molar-refractivity contribution in [1.82, 2.24) is 9.97 Å². The molecule has 0 bridgehead atoms. The summed E-state index contributed by atoms with van der Waals surface area (Å²) >= 11 is 1.65. The molecule has 2 heterocycles. The van der Waals surface area contributed by atoms with Crippen molar-refractivity contribution in [3.63, 3.8) is 0 Å². The minimum Gasteiger partial charge on any atom is -0.355 e. The Morgan fingerprint density at radius 2 is 2.29 bits per heavy atom. The van der Waals surface area contributed by atoms with Crippen LogP contribution in [0.15, 0.2) is 11.7 Å². The predicted octanol–water partition coefficient (Wildman–Crippen LogP) is 2.74. The molecule has 5 heteroatoms. The molecule has 17 heavy (non-hydrogen) atoms. The number of fused-ring (bicyclic) bond motifs is 1. The molecule has 2 aromatic rings. The van der Waals surface area contributed by atoms with Crippen LogP contribution < -0.4 is 4.90 Å². The lowest BCUT2D eigenvalue weighted by molar-refractivity contribution is 0.696. The van der Waals surface area contributed by atoms with Gasteiger partial charge in [0.15, 0.2) is 0 Å². The summed E-state index contributed by atoms with van der Waals surface area (Å²) in [6.45, 7) is 4.08. The van der Waals surface area contributed by atoms with Crippen molar-refractivity contribution in [3.8, 4) is 6.07 Å². The minimum atomic E-state index is 0.153. The maximum atomic E-state index is 8.74. The van der Waals surface area contributed by atoms with Gasteiger partial charge in [0.25, 0.3) is 0 Å². The smallest absolute Gasteiger partial charge is 0.150 e. The number of rotatable bonds is 3. The lowest BCUT2D eigenvalue weighted by Gasteiger charge is -2.24. The van der Waals surface area contributed by atoms with Gasteiger partial charge in [-0.05, 0) is 24.8 Å². The second-order valence-corrected chi connectivity index (χ2v) is 5.00. The fourth-order valence-corrected chi connectivity index (χ4v) is 2.72. The fraction of sp³-hybridized carbons (Fsp3) is 0.417. The van der Waals surface area contributed by atoms with Crippen LogP contribution in [0.25, 0.3) is 10.2 Å². The highest BCUT2D eigenvalue weighted by Crippen LogP contribution is 2.31. The molecule has 0 amide bonds. The zero-order valence-electron chi connectivity index (χ0n) is 10.1. The summed E-state index contributed by atoms with van der Waals surface area (Å²) in [5, 5.41) is 10.8. The van der Waals surface area contributed by atoms with Gasteiger partial charge in [0.1, 0.15) is 12.1 Å². The quantitative estimate of drug-likeness (QED) is 0.835. The first kappa shape index (κ1) is 11.8. The molecule has 0 saturated heterocycles. The van der Waals surface area contributed by atoms with Crippen molar-refractivity contribution in [2.24, 2.45) is 0 Å². The Balaban J connectivity index is 2.45. The second-order valence-electron chi connectivity index (χ2n) is 4.12. The Morgan fingerprint density at radius 1 is 1.53 bits per heavy atom. The third-order valence-corrected chi connectivity index (χ3v) is 3.98. The standard InChI is InChI=1S/C12H14N4S/c1-8-6-17-11-10(8)14-7-15-12(11)16(3)9(2)4-5-13/h6-7,9H,4H2,1-3H3. The van der Waals surface area contributed by atoms with E-state index in [1.807, 2.05) is 25.8 Å². The molecule has 0 N–H and O–H groups in total. The molecule has 0 aliphatic heterocycles. The number of aryl methyl sites for hydroxylation is 1. The van der Waals surface area contributed by atoms with E-state index in [4.69, 9.17) is 5.26 Å². The highest BCUT2D eigenvalue weighted by molar-refractivity contribution is 7.18. The van der Waals surface area contributed by atoms with Gasteiger partial charge in [-0.2, -0.15) is 5.26 Å². The number of thiophene rings is 1. The van der Waals surface area contributed by atoms with Gasteiger partial charge in [-0.25, -0.2) is 9.97 Å². The first-order chi connectivity index (χ1) is 8.15. The van der Waals surface area contributed by atoms with Crippen molar-refractivity contribution < 1.29 is 0 Å². The Labute approximate surface area is 105 Å². The van der Waals surface area contributed by atoms with Gasteiger partial charge in [-0.15, -0.1) is 11.3 Å². The Bertz CT molecular complexity index is 569. The molecular weight excluding hydrogens is 232 g/mol. The summed E-state index contributed by atoms with van der Waals surface area (Å²) in [5.41, 5.74) is 2.19. The van der Waals surface area contributed by atoms with Crippen molar-refractivity contribution in [1.29, 1.82) is 5.26 Å². The van der Waals surface area contributed by atoms with Crippen molar-refractivity contribution in [2.45, 2.75) is 26.3 Å². The van der Waals surface area contributed by atoms with E-state index in [1.165, 1.54) is 5.56 Å². The van der Waals surface area contributed by atoms with Crippen LogP contribution in [-0.2, 0) is 0 Å². The molecule has 88 valence electrons. The monoisotopic (exact) mass is 246 g/mol. The number of nitrogens with zero attached hydrogens (tertiary/aromatic N) is 4. The lowest BCUT2D eigenvalue weighted by atomic mass is 10.2. The van der Waals surface area contributed by atoms with Crippen molar-refractivity contribution in [2.75, 3.05) is 11.9 Å². The van der Waals surface area contributed by atoms with E-state index in [1.54, 1.807) is 17.7 Å². The highest BCUT2D eigenvalue weighted by atomic mass is 32.1. The predicted molar refractivity (Wildman–Crippen MR) is 70.2 cm³/mol. The SMILES string of the molecule is Cc1csc2c(N(C)C(C)CC#N)ncnc12. The van der Waals surface area contributed by atoms with Crippen LogP contribution in [0.5, 0.6) is 0 Å². The normalized spacial score (nSPS) is 12.4. The maximum Gasteiger partial charge on any atom is 0.150 e. The van der Waals surface area contributed by atoms with E-state index in [-0.39, 0.29) is 6.04 Å². The zero-order valence-corrected chi connectivity index (χ0v) is 11.0. The lowest BCUT2D eigenvalue weighted by Crippen LogP contribution is -2.29. The molecule has 0 spiro atoms. The van der Waals surface area contributed by atoms with E-state index in [0.717, 1.165) is 16.0 Å². The summed E-state index contributed by atoms with van der Waals surface area (Å²) in [5.74, 6) is 0.913. The van der Waals surface area contributed by atoms with Gasteiger partial charge in [-0.1, -0.05) is 0 Å². The van der Waals surface area contributed by atoms with E-state index in [0.29, 0.717) is 6.42 Å². The molecule has 1 atom stereocenters. The number of aromatic nitrogens is 2. The van der Waals surface area contributed by atoms with Gasteiger partial charge >= 0.3 is 0 Å². The Morgan fingerprint density at radius 3 is 3.00 bits per heavy atom. The second kappa shape index (κ2) is 4.68. The molecule has 0 aliphatic rings. The van der Waals surface area contributed by atoms with E-state index in [9.17, 15) is 0 Å². The van der Waals surface area contributed by atoms with Crippen LogP contribution in [-0.4, -0.2) is 23.1 Å². The van der Waals surface area contributed by atoms with Gasteiger partial charge in [0, 0.05) is 13.1 Å². The van der Waals surface area contributed by atoms with Crippen molar-refractivity contribution >= 4 is 27.4 Å². The summed E-state index contributed by atoms with van der Waals surface area (Å²) in [6.07, 6.45) is 2.08. The van der Waals surface area contributed by atoms with Crippen LogP contribution in [0.2, 0.25) is 0 Å². The summed E-state index contributed by atoms with van der Waals surface area (Å²) in [7, 11) is 1.97. The minimum absolute atomic E-state index is 0.153. The third kappa shape index (κ3) is 2.08. The molecule has 0 radical (unpaired) electrons.